The molecule has 98 valence electrons. The van der Waals surface area contributed by atoms with Crippen molar-refractivity contribution in [1.29, 1.82) is 0 Å². The molecule has 0 spiro atoms. The van der Waals surface area contributed by atoms with Crippen LogP contribution < -0.4 is 0 Å². The van der Waals surface area contributed by atoms with Crippen LogP contribution in [0, 0.1) is 0 Å². The Hall–Kier alpha value is -0.460. The lowest BCUT2D eigenvalue weighted by Crippen LogP contribution is -2.45. The van der Waals surface area contributed by atoms with Crippen molar-refractivity contribution in [2.24, 2.45) is 0 Å². The smallest absolute Gasteiger partial charge is 0.165 e. The maximum absolute atomic E-state index is 12.6. The van der Waals surface area contributed by atoms with Gasteiger partial charge in [-0.25, -0.2) is 8.42 Å². The van der Waals surface area contributed by atoms with Crippen molar-refractivity contribution in [1.82, 2.24) is 4.98 Å². The van der Waals surface area contributed by atoms with Crippen LogP contribution in [0.3, 0.4) is 0 Å². The molecule has 2 heterocycles. The van der Waals surface area contributed by atoms with Crippen LogP contribution in [0.4, 0.5) is 0 Å². The van der Waals surface area contributed by atoms with Gasteiger partial charge in [-0.15, -0.1) is 11.8 Å². The summed E-state index contributed by atoms with van der Waals surface area (Å²) in [6.07, 6.45) is 7.29. The number of rotatable bonds is 2. The first-order chi connectivity index (χ1) is 8.54. The second-order valence-electron chi connectivity index (χ2n) is 4.34. The van der Waals surface area contributed by atoms with Crippen molar-refractivity contribution in [2.75, 3.05) is 12.0 Å². The first kappa shape index (κ1) is 14.0. The van der Waals surface area contributed by atoms with E-state index in [9.17, 15) is 8.42 Å². The van der Waals surface area contributed by atoms with Gasteiger partial charge in [0.2, 0.25) is 0 Å². The molecule has 0 aliphatic carbocycles. The normalized spacial score (nSPS) is 26.7. The Balaban J connectivity index is 2.65. The van der Waals surface area contributed by atoms with Gasteiger partial charge in [-0.05, 0) is 30.7 Å². The molecule has 0 amide bonds. The molecule has 0 bridgehead atoms. The summed E-state index contributed by atoms with van der Waals surface area (Å²) >= 11 is 6.73. The van der Waals surface area contributed by atoms with Crippen LogP contribution in [0.1, 0.15) is 24.8 Å². The molecule has 2 rings (SSSR count). The van der Waals surface area contributed by atoms with Gasteiger partial charge in [-0.3, -0.25) is 4.98 Å². The topological polar surface area (TPSA) is 47.0 Å². The molecule has 1 aliphatic heterocycles. The van der Waals surface area contributed by atoms with Gasteiger partial charge in [0.25, 0.3) is 0 Å². The lowest BCUT2D eigenvalue weighted by molar-refractivity contribution is 0.520. The summed E-state index contributed by atoms with van der Waals surface area (Å²) in [5.74, 6) is 0.211. The van der Waals surface area contributed by atoms with E-state index >= 15 is 0 Å². The Morgan fingerprint density at radius 2 is 2.28 bits per heavy atom. The molecular weight excluding hydrogens is 286 g/mol. The Labute approximate surface area is 117 Å². The van der Waals surface area contributed by atoms with Crippen LogP contribution in [0.25, 0.3) is 0 Å². The number of hydrogen-bond acceptors (Lipinski definition) is 5. The zero-order valence-corrected chi connectivity index (χ0v) is 12.6. The van der Waals surface area contributed by atoms with Gasteiger partial charge in [0.1, 0.15) is 4.75 Å². The summed E-state index contributed by atoms with van der Waals surface area (Å²) in [7, 11) is -3.25. The lowest BCUT2D eigenvalue weighted by Gasteiger charge is -2.36. The highest BCUT2D eigenvalue weighted by molar-refractivity contribution is 8.24. The van der Waals surface area contributed by atoms with Crippen molar-refractivity contribution in [3.05, 3.63) is 30.1 Å². The maximum atomic E-state index is 12.6. The van der Waals surface area contributed by atoms with Gasteiger partial charge < -0.3 is 0 Å². The predicted molar refractivity (Wildman–Crippen MR) is 79.7 cm³/mol. The maximum Gasteiger partial charge on any atom is 0.165 e. The molecule has 18 heavy (non-hydrogen) atoms. The Bertz CT molecular complexity index is 542. The van der Waals surface area contributed by atoms with Crippen molar-refractivity contribution in [2.45, 2.75) is 24.0 Å². The molecular formula is C12H15NO2S3. The third-order valence-electron chi connectivity index (χ3n) is 3.37. The van der Waals surface area contributed by atoms with E-state index < -0.39 is 14.6 Å². The minimum atomic E-state index is -3.25. The summed E-state index contributed by atoms with van der Waals surface area (Å²) in [6.45, 7) is 0. The van der Waals surface area contributed by atoms with Crippen LogP contribution in [0.15, 0.2) is 24.5 Å². The number of thiocarbonyl (C=S) groups is 1. The lowest BCUT2D eigenvalue weighted by atomic mass is 9.95. The number of hydrogen-bond donors (Lipinski definition) is 0. The van der Waals surface area contributed by atoms with Gasteiger partial charge in [0, 0.05) is 12.4 Å². The second-order valence-corrected chi connectivity index (χ2v) is 8.15. The number of aromatic nitrogens is 1. The molecule has 3 nitrogen and oxygen atoms in total. The minimum absolute atomic E-state index is 0.211. The van der Waals surface area contributed by atoms with Crippen LogP contribution in [-0.4, -0.2) is 29.6 Å². The molecule has 0 aromatic carbocycles. The molecule has 1 aliphatic rings. The summed E-state index contributed by atoms with van der Waals surface area (Å²) in [6, 6.07) is 3.59. The predicted octanol–water partition coefficient (Wildman–Crippen LogP) is 2.57. The first-order valence-corrected chi connectivity index (χ1v) is 9.04. The van der Waals surface area contributed by atoms with E-state index in [2.05, 4.69) is 4.98 Å². The number of nitrogens with zero attached hydrogens (tertiary/aromatic N) is 1. The van der Waals surface area contributed by atoms with Gasteiger partial charge in [-0.2, -0.15) is 0 Å². The van der Waals surface area contributed by atoms with Crippen molar-refractivity contribution in [3.8, 4) is 0 Å². The van der Waals surface area contributed by atoms with E-state index in [1.54, 1.807) is 18.5 Å². The van der Waals surface area contributed by atoms with Gasteiger partial charge in [0.15, 0.2) is 9.84 Å². The minimum Gasteiger partial charge on any atom is -0.264 e. The highest BCUT2D eigenvalue weighted by atomic mass is 32.2. The van der Waals surface area contributed by atoms with Gasteiger partial charge in [0.05, 0.1) is 9.95 Å². The third-order valence-corrected chi connectivity index (χ3v) is 7.72. The van der Waals surface area contributed by atoms with E-state index in [0.717, 1.165) is 12.8 Å². The largest absolute Gasteiger partial charge is 0.264 e. The van der Waals surface area contributed by atoms with E-state index in [0.29, 0.717) is 16.2 Å². The third kappa shape index (κ3) is 2.10. The molecule has 1 fully saturated rings. The fourth-order valence-electron chi connectivity index (χ4n) is 2.43. The van der Waals surface area contributed by atoms with E-state index in [-0.39, 0.29) is 5.75 Å². The summed E-state index contributed by atoms with van der Waals surface area (Å²) in [4.78, 5) is 4.05. The van der Waals surface area contributed by atoms with Crippen LogP contribution in [0.2, 0.25) is 0 Å². The highest BCUT2D eigenvalue weighted by Crippen LogP contribution is 2.43. The molecule has 1 unspecified atom stereocenters. The zero-order chi connectivity index (χ0) is 13.2. The summed E-state index contributed by atoms with van der Waals surface area (Å²) in [5, 5.41) is 0. The second kappa shape index (κ2) is 5.27. The average Bonchev–Trinajstić information content (AvgIpc) is 2.38. The molecule has 0 radical (unpaired) electrons. The molecule has 1 aromatic rings. The molecule has 1 atom stereocenters. The fraction of sp³-hybridized carbons (Fsp3) is 0.500. The van der Waals surface area contributed by atoms with Crippen molar-refractivity contribution < 1.29 is 8.42 Å². The highest BCUT2D eigenvalue weighted by Gasteiger charge is 2.50. The van der Waals surface area contributed by atoms with E-state index in [1.165, 1.54) is 11.8 Å². The zero-order valence-electron chi connectivity index (χ0n) is 10.1. The van der Waals surface area contributed by atoms with E-state index in [4.69, 9.17) is 12.2 Å². The van der Waals surface area contributed by atoms with E-state index in [1.807, 2.05) is 12.3 Å². The molecule has 1 aromatic heterocycles. The first-order valence-electron chi connectivity index (χ1n) is 5.76. The Kier molecular flexibility index (Phi) is 4.08. The molecule has 0 saturated carbocycles. The van der Waals surface area contributed by atoms with Crippen LogP contribution in [0.5, 0.6) is 0 Å². The fourth-order valence-corrected chi connectivity index (χ4v) is 6.34. The van der Waals surface area contributed by atoms with Gasteiger partial charge in [-0.1, -0.05) is 24.7 Å². The number of pyridine rings is 1. The molecule has 1 saturated heterocycles. The number of sulfone groups is 1. The summed E-state index contributed by atoms with van der Waals surface area (Å²) in [5.41, 5.74) is 0.712. The monoisotopic (exact) mass is 301 g/mol. The quantitative estimate of drug-likeness (QED) is 0.786. The Morgan fingerprint density at radius 3 is 2.83 bits per heavy atom. The standard InChI is InChI=1S/C12H15NO2S3/c1-17-11(16)12(10-5-4-7-13-9-10)6-2-3-8-18(12,14)15/h4-5,7,9H,2-3,6,8H2,1H3. The molecule has 6 heteroatoms. The average molecular weight is 301 g/mol. The van der Waals surface area contributed by atoms with Gasteiger partial charge >= 0.3 is 0 Å². The Morgan fingerprint density at radius 1 is 1.50 bits per heavy atom. The number of thioether (sulfide) groups is 1. The summed E-state index contributed by atoms with van der Waals surface area (Å²) < 4.78 is 24.7. The SMILES string of the molecule is CSC(=S)C1(c2cccnc2)CCCCS1(=O)=O. The van der Waals surface area contributed by atoms with Crippen LogP contribution in [-0.2, 0) is 14.6 Å². The van der Waals surface area contributed by atoms with Crippen LogP contribution >= 0.6 is 24.0 Å². The molecule has 0 N–H and O–H groups in total. The van der Waals surface area contributed by atoms with Crippen molar-refractivity contribution >= 4 is 38.0 Å². The van der Waals surface area contributed by atoms with Crippen molar-refractivity contribution in [3.63, 3.8) is 0 Å².